The molecule has 1 saturated heterocycles. The highest BCUT2D eigenvalue weighted by atomic mass is 35.5. The maximum Gasteiger partial charge on any atom is 0.146 e. The van der Waals surface area contributed by atoms with E-state index in [1.165, 1.54) is 0 Å². The number of alkyl halides is 1. The summed E-state index contributed by atoms with van der Waals surface area (Å²) < 4.78 is 13.8. The zero-order chi connectivity index (χ0) is 13.1. The molecule has 4 heteroatoms. The molecule has 1 aromatic carbocycles. The maximum absolute atomic E-state index is 13.8. The maximum atomic E-state index is 13.8. The predicted octanol–water partition coefficient (Wildman–Crippen LogP) is 4.32. The van der Waals surface area contributed by atoms with Crippen molar-refractivity contribution in [3.63, 3.8) is 0 Å². The quantitative estimate of drug-likeness (QED) is 0.749. The van der Waals surface area contributed by atoms with E-state index in [1.807, 2.05) is 0 Å². The van der Waals surface area contributed by atoms with Gasteiger partial charge in [0.25, 0.3) is 0 Å². The Morgan fingerprint density at radius 1 is 1.39 bits per heavy atom. The van der Waals surface area contributed by atoms with Crippen molar-refractivity contribution in [2.45, 2.75) is 31.7 Å². The van der Waals surface area contributed by atoms with Crippen LogP contribution in [0, 0.1) is 11.7 Å². The van der Waals surface area contributed by atoms with Crippen molar-refractivity contribution in [2.75, 3.05) is 13.1 Å². The molecule has 0 amide bonds. The second kappa shape index (κ2) is 6.23. The van der Waals surface area contributed by atoms with Crippen LogP contribution < -0.4 is 0 Å². The van der Waals surface area contributed by atoms with Gasteiger partial charge in [-0.05, 0) is 44.8 Å². The van der Waals surface area contributed by atoms with Gasteiger partial charge in [-0.25, -0.2) is 4.39 Å². The molecule has 1 aliphatic heterocycles. The summed E-state index contributed by atoms with van der Waals surface area (Å²) in [4.78, 5) is 2.27. The van der Waals surface area contributed by atoms with Gasteiger partial charge in [-0.15, -0.1) is 11.6 Å². The van der Waals surface area contributed by atoms with Crippen LogP contribution in [-0.2, 0) is 6.54 Å². The van der Waals surface area contributed by atoms with E-state index >= 15 is 0 Å². The molecule has 100 valence electrons. The minimum atomic E-state index is -0.285. The number of rotatable bonds is 3. The molecule has 1 unspecified atom stereocenters. The Balaban J connectivity index is 1.94. The summed E-state index contributed by atoms with van der Waals surface area (Å²) in [6.07, 6.45) is 2.18. The van der Waals surface area contributed by atoms with Crippen molar-refractivity contribution in [2.24, 2.45) is 5.92 Å². The van der Waals surface area contributed by atoms with Crippen LogP contribution in [0.15, 0.2) is 18.2 Å². The standard InChI is InChI=1S/C14H18Cl2FN/c1-10(15)11-5-7-18(8-6-11)9-12-3-2-4-13(16)14(12)17/h2-4,10-11H,5-9H2,1H3. The second-order valence-corrected chi connectivity index (χ2v) is 6.10. The lowest BCUT2D eigenvalue weighted by atomic mass is 9.94. The largest absolute Gasteiger partial charge is 0.299 e. The summed E-state index contributed by atoms with van der Waals surface area (Å²) >= 11 is 11.9. The van der Waals surface area contributed by atoms with E-state index in [4.69, 9.17) is 23.2 Å². The smallest absolute Gasteiger partial charge is 0.146 e. The third-order valence-corrected chi connectivity index (χ3v) is 4.36. The van der Waals surface area contributed by atoms with Crippen LogP contribution in [0.3, 0.4) is 0 Å². The van der Waals surface area contributed by atoms with Crippen molar-refractivity contribution in [3.8, 4) is 0 Å². The number of nitrogens with zero attached hydrogens (tertiary/aromatic N) is 1. The lowest BCUT2D eigenvalue weighted by molar-refractivity contribution is 0.175. The molecule has 0 N–H and O–H groups in total. The third kappa shape index (κ3) is 3.37. The molecular formula is C14H18Cl2FN. The average Bonchev–Trinajstić information content (AvgIpc) is 2.36. The van der Waals surface area contributed by atoms with Gasteiger partial charge < -0.3 is 0 Å². The van der Waals surface area contributed by atoms with E-state index in [-0.39, 0.29) is 16.2 Å². The van der Waals surface area contributed by atoms with Crippen molar-refractivity contribution in [3.05, 3.63) is 34.6 Å². The van der Waals surface area contributed by atoms with Crippen molar-refractivity contribution in [1.82, 2.24) is 4.90 Å². The summed E-state index contributed by atoms with van der Waals surface area (Å²) in [5.74, 6) is 0.305. The number of halogens is 3. The van der Waals surface area contributed by atoms with E-state index < -0.39 is 0 Å². The first kappa shape index (κ1) is 14.1. The summed E-state index contributed by atoms with van der Waals surface area (Å²) in [6.45, 7) is 4.65. The fourth-order valence-electron chi connectivity index (χ4n) is 2.48. The van der Waals surface area contributed by atoms with Crippen LogP contribution >= 0.6 is 23.2 Å². The Morgan fingerprint density at radius 2 is 2.06 bits per heavy atom. The van der Waals surface area contributed by atoms with E-state index in [9.17, 15) is 4.39 Å². The van der Waals surface area contributed by atoms with Crippen LogP contribution in [0.25, 0.3) is 0 Å². The highest BCUT2D eigenvalue weighted by Crippen LogP contribution is 2.26. The normalized spacial score (nSPS) is 20.0. The lowest BCUT2D eigenvalue weighted by Gasteiger charge is -2.33. The molecule has 0 bridgehead atoms. The molecule has 0 radical (unpaired) electrons. The summed E-state index contributed by atoms with van der Waals surface area (Å²) in [5, 5.41) is 0.437. The second-order valence-electron chi connectivity index (χ2n) is 5.00. The molecular weight excluding hydrogens is 272 g/mol. The van der Waals surface area contributed by atoms with Crippen LogP contribution in [-0.4, -0.2) is 23.4 Å². The first-order valence-electron chi connectivity index (χ1n) is 6.37. The monoisotopic (exact) mass is 289 g/mol. The zero-order valence-electron chi connectivity index (χ0n) is 10.5. The van der Waals surface area contributed by atoms with Gasteiger partial charge in [-0.3, -0.25) is 4.90 Å². The molecule has 1 nitrogen and oxygen atoms in total. The van der Waals surface area contributed by atoms with Gasteiger partial charge in [0.05, 0.1) is 5.02 Å². The Bertz CT molecular complexity index is 401. The first-order valence-corrected chi connectivity index (χ1v) is 7.18. The summed E-state index contributed by atoms with van der Waals surface area (Å²) in [7, 11) is 0. The Kier molecular flexibility index (Phi) is 4.88. The first-order chi connectivity index (χ1) is 8.58. The van der Waals surface area contributed by atoms with Gasteiger partial charge >= 0.3 is 0 Å². The fourth-order valence-corrected chi connectivity index (χ4v) is 2.93. The topological polar surface area (TPSA) is 3.24 Å². The predicted molar refractivity (Wildman–Crippen MR) is 74.7 cm³/mol. The van der Waals surface area contributed by atoms with Crippen LogP contribution in [0.5, 0.6) is 0 Å². The molecule has 0 spiro atoms. The minimum absolute atomic E-state index is 0.205. The van der Waals surface area contributed by atoms with Crippen molar-refractivity contribution in [1.29, 1.82) is 0 Å². The highest BCUT2D eigenvalue weighted by molar-refractivity contribution is 6.30. The molecule has 0 aliphatic carbocycles. The number of piperidine rings is 1. The van der Waals surface area contributed by atoms with E-state index in [2.05, 4.69) is 11.8 Å². The third-order valence-electron chi connectivity index (χ3n) is 3.71. The zero-order valence-corrected chi connectivity index (χ0v) is 12.0. The Labute approximate surface area is 118 Å². The molecule has 2 rings (SSSR count). The van der Waals surface area contributed by atoms with Gasteiger partial charge in [0.1, 0.15) is 5.82 Å². The molecule has 1 fully saturated rings. The molecule has 1 atom stereocenters. The van der Waals surface area contributed by atoms with Crippen LogP contribution in [0.1, 0.15) is 25.3 Å². The minimum Gasteiger partial charge on any atom is -0.299 e. The lowest BCUT2D eigenvalue weighted by Crippen LogP contribution is -2.35. The van der Waals surface area contributed by atoms with Gasteiger partial charge in [0.15, 0.2) is 0 Å². The van der Waals surface area contributed by atoms with Crippen molar-refractivity contribution >= 4 is 23.2 Å². The van der Waals surface area contributed by atoms with Gasteiger partial charge in [0, 0.05) is 17.5 Å². The van der Waals surface area contributed by atoms with Gasteiger partial charge in [-0.1, -0.05) is 23.7 Å². The van der Waals surface area contributed by atoms with Crippen molar-refractivity contribution < 1.29 is 4.39 Å². The molecule has 0 saturated carbocycles. The molecule has 1 aromatic rings. The van der Waals surface area contributed by atoms with Crippen LogP contribution in [0.4, 0.5) is 4.39 Å². The summed E-state index contributed by atoms with van der Waals surface area (Å²) in [6, 6.07) is 5.19. The number of hydrogen-bond acceptors (Lipinski definition) is 1. The number of hydrogen-bond donors (Lipinski definition) is 0. The molecule has 0 aromatic heterocycles. The molecule has 18 heavy (non-hydrogen) atoms. The number of likely N-dealkylation sites (tertiary alicyclic amines) is 1. The van der Waals surface area contributed by atoms with E-state index in [0.29, 0.717) is 18.0 Å². The Morgan fingerprint density at radius 3 is 2.67 bits per heavy atom. The SMILES string of the molecule is CC(Cl)C1CCN(Cc2cccc(Cl)c2F)CC1. The average molecular weight is 290 g/mol. The van der Waals surface area contributed by atoms with Crippen LogP contribution in [0.2, 0.25) is 5.02 Å². The summed E-state index contributed by atoms with van der Waals surface area (Å²) in [5.41, 5.74) is 0.680. The van der Waals surface area contributed by atoms with E-state index in [1.54, 1.807) is 18.2 Å². The molecule has 1 heterocycles. The molecule has 1 aliphatic rings. The fraction of sp³-hybridized carbons (Fsp3) is 0.571. The van der Waals surface area contributed by atoms with Gasteiger partial charge in [0.2, 0.25) is 0 Å². The number of benzene rings is 1. The van der Waals surface area contributed by atoms with Gasteiger partial charge in [-0.2, -0.15) is 0 Å². The Hall–Kier alpha value is -0.310. The highest BCUT2D eigenvalue weighted by Gasteiger charge is 2.23. The van der Waals surface area contributed by atoms with E-state index in [0.717, 1.165) is 25.9 Å².